The van der Waals surface area contributed by atoms with Crippen LogP contribution in [0.3, 0.4) is 0 Å². The van der Waals surface area contributed by atoms with Gasteiger partial charge in [-0.2, -0.15) is 0 Å². The molecule has 1 aromatic carbocycles. The second-order valence-corrected chi connectivity index (χ2v) is 4.04. The summed E-state index contributed by atoms with van der Waals surface area (Å²) < 4.78 is 4.92. The number of nitrogens with zero attached hydrogens (tertiary/aromatic N) is 1. The van der Waals surface area contributed by atoms with Gasteiger partial charge < -0.3 is 14.9 Å². The molecule has 2 rings (SSSR count). The normalized spacial score (nSPS) is 10.2. The first-order valence-electron chi connectivity index (χ1n) is 5.56. The molecule has 0 atom stereocenters. The second-order valence-electron chi connectivity index (χ2n) is 4.04. The van der Waals surface area contributed by atoms with E-state index in [1.165, 1.54) is 24.3 Å². The molecule has 0 aliphatic rings. The summed E-state index contributed by atoms with van der Waals surface area (Å²) in [5, 5.41) is 15.1. The number of amides is 1. The summed E-state index contributed by atoms with van der Waals surface area (Å²) in [4.78, 5) is 22.7. The number of anilines is 1. The van der Waals surface area contributed by atoms with Crippen LogP contribution >= 0.6 is 0 Å². The zero-order valence-electron chi connectivity index (χ0n) is 10.4. The van der Waals surface area contributed by atoms with Crippen LogP contribution in [0.2, 0.25) is 0 Å². The molecule has 0 aliphatic heterocycles. The van der Waals surface area contributed by atoms with Gasteiger partial charge in [0.15, 0.2) is 0 Å². The highest BCUT2D eigenvalue weighted by Crippen LogP contribution is 2.16. The van der Waals surface area contributed by atoms with Crippen LogP contribution in [0.15, 0.2) is 28.8 Å². The van der Waals surface area contributed by atoms with E-state index in [1.54, 1.807) is 13.8 Å². The van der Waals surface area contributed by atoms with E-state index in [-0.39, 0.29) is 11.5 Å². The highest BCUT2D eigenvalue weighted by atomic mass is 16.5. The van der Waals surface area contributed by atoms with Crippen molar-refractivity contribution in [2.45, 2.75) is 13.8 Å². The van der Waals surface area contributed by atoms with Gasteiger partial charge in [-0.05, 0) is 38.1 Å². The summed E-state index contributed by atoms with van der Waals surface area (Å²) >= 11 is 0. The Morgan fingerprint density at radius 2 is 1.84 bits per heavy atom. The average molecular weight is 260 g/mol. The molecule has 0 radical (unpaired) electrons. The molecule has 2 aromatic rings. The number of carbonyl (C=O) groups is 2. The molecule has 0 bridgehead atoms. The second kappa shape index (κ2) is 4.93. The first-order valence-corrected chi connectivity index (χ1v) is 5.56. The summed E-state index contributed by atoms with van der Waals surface area (Å²) in [5.74, 6) is -0.903. The minimum Gasteiger partial charge on any atom is -0.478 e. The lowest BCUT2D eigenvalue weighted by atomic mass is 10.1. The number of aryl methyl sites for hydroxylation is 2. The van der Waals surface area contributed by atoms with Crippen molar-refractivity contribution < 1.29 is 19.2 Å². The molecule has 6 nitrogen and oxygen atoms in total. The Hall–Kier alpha value is -2.63. The molecule has 0 spiro atoms. The number of aromatic nitrogens is 1. The molecule has 0 saturated carbocycles. The molecule has 6 heteroatoms. The average Bonchev–Trinajstić information content (AvgIpc) is 2.69. The van der Waals surface area contributed by atoms with Gasteiger partial charge in [0.2, 0.25) is 0 Å². The van der Waals surface area contributed by atoms with E-state index < -0.39 is 5.97 Å². The summed E-state index contributed by atoms with van der Waals surface area (Å²) in [5.41, 5.74) is 1.57. The number of nitrogens with one attached hydrogen (secondary N) is 1. The maximum absolute atomic E-state index is 12.0. The van der Waals surface area contributed by atoms with E-state index >= 15 is 0 Å². The van der Waals surface area contributed by atoms with E-state index in [1.807, 2.05) is 0 Å². The summed E-state index contributed by atoms with van der Waals surface area (Å²) in [6, 6.07) is 5.90. The number of carboxylic acids is 1. The molecule has 1 amide bonds. The van der Waals surface area contributed by atoms with Crippen molar-refractivity contribution in [3.05, 3.63) is 46.8 Å². The number of rotatable bonds is 3. The molecule has 1 aromatic heterocycles. The van der Waals surface area contributed by atoms with Crippen molar-refractivity contribution in [1.82, 2.24) is 5.16 Å². The first-order chi connectivity index (χ1) is 8.99. The SMILES string of the molecule is Cc1noc(C)c1C(=O)Nc1ccc(C(=O)O)cc1. The fourth-order valence-corrected chi connectivity index (χ4v) is 1.70. The van der Waals surface area contributed by atoms with Crippen LogP contribution in [0.4, 0.5) is 5.69 Å². The van der Waals surface area contributed by atoms with Crippen LogP contribution in [0, 0.1) is 13.8 Å². The summed E-state index contributed by atoms with van der Waals surface area (Å²) in [7, 11) is 0. The molecule has 2 N–H and O–H groups in total. The van der Waals surface area contributed by atoms with Crippen LogP contribution < -0.4 is 5.32 Å². The van der Waals surface area contributed by atoms with Crippen molar-refractivity contribution in [2.75, 3.05) is 5.32 Å². The number of hydrogen-bond acceptors (Lipinski definition) is 4. The Labute approximate surface area is 109 Å². The standard InChI is InChI=1S/C13H12N2O4/c1-7-11(8(2)19-15-7)12(16)14-10-5-3-9(4-6-10)13(17)18/h3-6H,1-2H3,(H,14,16)(H,17,18). The van der Waals surface area contributed by atoms with Crippen molar-refractivity contribution in [2.24, 2.45) is 0 Å². The zero-order chi connectivity index (χ0) is 14.0. The van der Waals surface area contributed by atoms with Crippen LogP contribution in [-0.4, -0.2) is 22.1 Å². The number of carbonyl (C=O) groups excluding carboxylic acids is 1. The van der Waals surface area contributed by atoms with Gasteiger partial charge in [0.25, 0.3) is 5.91 Å². The Morgan fingerprint density at radius 3 is 2.32 bits per heavy atom. The topological polar surface area (TPSA) is 92.4 Å². The van der Waals surface area contributed by atoms with Gasteiger partial charge in [-0.3, -0.25) is 4.79 Å². The third kappa shape index (κ3) is 2.62. The monoisotopic (exact) mass is 260 g/mol. The van der Waals surface area contributed by atoms with Crippen LogP contribution in [-0.2, 0) is 0 Å². The fraction of sp³-hybridized carbons (Fsp3) is 0.154. The summed E-state index contributed by atoms with van der Waals surface area (Å²) in [6.45, 7) is 3.33. The molecule has 0 aliphatic carbocycles. The van der Waals surface area contributed by atoms with Gasteiger partial charge in [0.05, 0.1) is 11.3 Å². The third-order valence-electron chi connectivity index (χ3n) is 2.65. The van der Waals surface area contributed by atoms with E-state index in [0.29, 0.717) is 22.7 Å². The number of hydrogen-bond donors (Lipinski definition) is 2. The Morgan fingerprint density at radius 1 is 1.21 bits per heavy atom. The maximum Gasteiger partial charge on any atom is 0.335 e. The highest BCUT2D eigenvalue weighted by Gasteiger charge is 2.17. The van der Waals surface area contributed by atoms with E-state index in [9.17, 15) is 9.59 Å². The Kier molecular flexibility index (Phi) is 3.33. The molecule has 1 heterocycles. The van der Waals surface area contributed by atoms with Crippen LogP contribution in [0.5, 0.6) is 0 Å². The Balaban J connectivity index is 2.17. The van der Waals surface area contributed by atoms with Crippen molar-refractivity contribution in [3.63, 3.8) is 0 Å². The van der Waals surface area contributed by atoms with Gasteiger partial charge in [0.1, 0.15) is 11.3 Å². The Bertz CT molecular complexity index is 609. The lowest BCUT2D eigenvalue weighted by molar-refractivity contribution is 0.0696. The molecular weight excluding hydrogens is 248 g/mol. The third-order valence-corrected chi connectivity index (χ3v) is 2.65. The lowest BCUT2D eigenvalue weighted by Gasteiger charge is -2.04. The number of aromatic carboxylic acids is 1. The highest BCUT2D eigenvalue weighted by molar-refractivity contribution is 6.05. The molecule has 98 valence electrons. The quantitative estimate of drug-likeness (QED) is 0.882. The predicted molar refractivity (Wildman–Crippen MR) is 67.3 cm³/mol. The molecular formula is C13H12N2O4. The molecule has 0 unspecified atom stereocenters. The maximum atomic E-state index is 12.0. The first kappa shape index (κ1) is 12.8. The van der Waals surface area contributed by atoms with E-state index in [4.69, 9.17) is 9.63 Å². The van der Waals surface area contributed by atoms with Gasteiger partial charge in [-0.25, -0.2) is 4.79 Å². The zero-order valence-corrected chi connectivity index (χ0v) is 10.4. The lowest BCUT2D eigenvalue weighted by Crippen LogP contribution is -2.13. The largest absolute Gasteiger partial charge is 0.478 e. The molecule has 0 fully saturated rings. The predicted octanol–water partition coefficient (Wildman–Crippen LogP) is 2.24. The van der Waals surface area contributed by atoms with Crippen LogP contribution in [0.1, 0.15) is 32.2 Å². The van der Waals surface area contributed by atoms with Gasteiger partial charge in [-0.1, -0.05) is 5.16 Å². The fourth-order valence-electron chi connectivity index (χ4n) is 1.70. The van der Waals surface area contributed by atoms with Crippen molar-refractivity contribution in [1.29, 1.82) is 0 Å². The van der Waals surface area contributed by atoms with Crippen molar-refractivity contribution in [3.8, 4) is 0 Å². The summed E-state index contributed by atoms with van der Waals surface area (Å²) in [6.07, 6.45) is 0. The molecule has 19 heavy (non-hydrogen) atoms. The number of benzene rings is 1. The van der Waals surface area contributed by atoms with E-state index in [0.717, 1.165) is 0 Å². The van der Waals surface area contributed by atoms with Crippen LogP contribution in [0.25, 0.3) is 0 Å². The minimum absolute atomic E-state index is 0.162. The van der Waals surface area contributed by atoms with E-state index in [2.05, 4.69) is 10.5 Å². The van der Waals surface area contributed by atoms with Crippen molar-refractivity contribution >= 4 is 17.6 Å². The van der Waals surface area contributed by atoms with Gasteiger partial charge >= 0.3 is 5.97 Å². The minimum atomic E-state index is -1.01. The smallest absolute Gasteiger partial charge is 0.335 e. The van der Waals surface area contributed by atoms with Gasteiger partial charge in [-0.15, -0.1) is 0 Å². The molecule has 0 saturated heterocycles. The number of carboxylic acid groups (broad SMARTS) is 1. The van der Waals surface area contributed by atoms with Gasteiger partial charge in [0, 0.05) is 5.69 Å².